The summed E-state index contributed by atoms with van der Waals surface area (Å²) in [6.45, 7) is 9.98. The zero-order valence-electron chi connectivity index (χ0n) is 20.7. The molecule has 35 heavy (non-hydrogen) atoms. The summed E-state index contributed by atoms with van der Waals surface area (Å²) >= 11 is 0. The van der Waals surface area contributed by atoms with Gasteiger partial charge in [-0.05, 0) is 60.9 Å². The van der Waals surface area contributed by atoms with Gasteiger partial charge in [-0.15, -0.1) is 0 Å². The molecule has 0 spiro atoms. The van der Waals surface area contributed by atoms with Crippen molar-refractivity contribution in [2.45, 2.75) is 52.1 Å². The second-order valence-corrected chi connectivity index (χ2v) is 10.6. The third kappa shape index (κ3) is 4.54. The Hall–Kier alpha value is -2.93. The number of hydrogen-bond acceptors (Lipinski definition) is 5. The van der Waals surface area contributed by atoms with Crippen molar-refractivity contribution in [1.82, 2.24) is 14.5 Å². The molecule has 1 saturated heterocycles. The van der Waals surface area contributed by atoms with E-state index < -0.39 is 0 Å². The van der Waals surface area contributed by atoms with Crippen LogP contribution in [0.3, 0.4) is 0 Å². The molecule has 0 saturated carbocycles. The first-order valence-corrected chi connectivity index (χ1v) is 12.4. The SMILES string of the molecule is CC(C)(C)C1(Cc2cc3c(cn2)OCCO3)C[CH]CCN1CCn1c(=O)ccc2ccc(F)cc21. The van der Waals surface area contributed by atoms with Gasteiger partial charge in [0.15, 0.2) is 11.5 Å². The number of benzene rings is 1. The van der Waals surface area contributed by atoms with Gasteiger partial charge in [0.2, 0.25) is 0 Å². The smallest absolute Gasteiger partial charge is 0.251 e. The van der Waals surface area contributed by atoms with Crippen LogP contribution in [0.5, 0.6) is 11.5 Å². The lowest BCUT2D eigenvalue weighted by molar-refractivity contribution is -0.0270. The van der Waals surface area contributed by atoms with E-state index in [2.05, 4.69) is 32.1 Å². The topological polar surface area (TPSA) is 56.6 Å². The zero-order valence-corrected chi connectivity index (χ0v) is 20.7. The molecule has 0 bridgehead atoms. The molecule has 2 aliphatic rings. The van der Waals surface area contributed by atoms with Gasteiger partial charge in [0.1, 0.15) is 19.0 Å². The van der Waals surface area contributed by atoms with Gasteiger partial charge >= 0.3 is 0 Å². The van der Waals surface area contributed by atoms with Crippen molar-refractivity contribution in [2.75, 3.05) is 26.3 Å². The molecule has 0 aliphatic carbocycles. The van der Waals surface area contributed by atoms with Gasteiger partial charge < -0.3 is 14.0 Å². The molecular weight excluding hydrogens is 445 g/mol. The van der Waals surface area contributed by atoms with Crippen LogP contribution in [0, 0.1) is 17.7 Å². The fourth-order valence-electron chi connectivity index (χ4n) is 5.58. The van der Waals surface area contributed by atoms with Crippen LogP contribution < -0.4 is 15.0 Å². The number of hydrogen-bond donors (Lipinski definition) is 0. The minimum absolute atomic E-state index is 0.0608. The highest BCUT2D eigenvalue weighted by atomic mass is 19.1. The van der Waals surface area contributed by atoms with Crippen molar-refractivity contribution in [3.05, 3.63) is 70.9 Å². The number of fused-ring (bicyclic) bond motifs is 2. The first kappa shape index (κ1) is 23.8. The molecule has 0 amide bonds. The van der Waals surface area contributed by atoms with Crippen molar-refractivity contribution in [1.29, 1.82) is 0 Å². The van der Waals surface area contributed by atoms with Crippen molar-refractivity contribution < 1.29 is 13.9 Å². The molecular formula is C28H33FN3O3. The first-order valence-electron chi connectivity index (χ1n) is 12.4. The Morgan fingerprint density at radius 3 is 2.63 bits per heavy atom. The van der Waals surface area contributed by atoms with Crippen LogP contribution in [0.4, 0.5) is 4.39 Å². The Balaban J connectivity index is 1.47. The number of pyridine rings is 2. The van der Waals surface area contributed by atoms with E-state index in [0.29, 0.717) is 37.6 Å². The Labute approximate surface area is 205 Å². The van der Waals surface area contributed by atoms with E-state index in [4.69, 9.17) is 14.5 Å². The van der Waals surface area contributed by atoms with Gasteiger partial charge in [-0.25, -0.2) is 4.39 Å². The summed E-state index contributed by atoms with van der Waals surface area (Å²) in [5, 5.41) is 0.862. The lowest BCUT2D eigenvalue weighted by Gasteiger charge is -2.55. The van der Waals surface area contributed by atoms with Crippen LogP contribution in [-0.2, 0) is 13.0 Å². The molecule has 1 radical (unpaired) electrons. The van der Waals surface area contributed by atoms with Crippen LogP contribution in [0.25, 0.3) is 10.9 Å². The van der Waals surface area contributed by atoms with E-state index in [1.54, 1.807) is 29.0 Å². The monoisotopic (exact) mass is 478 g/mol. The Morgan fingerprint density at radius 2 is 1.83 bits per heavy atom. The molecule has 2 aromatic heterocycles. The Morgan fingerprint density at radius 1 is 1.06 bits per heavy atom. The maximum atomic E-state index is 14.0. The van der Waals surface area contributed by atoms with Crippen LogP contribution in [0.15, 0.2) is 47.4 Å². The lowest BCUT2D eigenvalue weighted by atomic mass is 9.65. The highest BCUT2D eigenvalue weighted by Crippen LogP contribution is 2.45. The lowest BCUT2D eigenvalue weighted by Crippen LogP contribution is -2.61. The number of nitrogens with zero attached hydrogens (tertiary/aromatic N) is 3. The number of ether oxygens (including phenoxy) is 2. The van der Waals surface area contributed by atoms with Crippen molar-refractivity contribution >= 4 is 10.9 Å². The van der Waals surface area contributed by atoms with E-state index in [1.165, 1.54) is 12.1 Å². The van der Waals surface area contributed by atoms with Gasteiger partial charge in [0.25, 0.3) is 5.56 Å². The van der Waals surface area contributed by atoms with Gasteiger partial charge in [-0.1, -0.05) is 20.8 Å². The summed E-state index contributed by atoms with van der Waals surface area (Å²) in [6, 6.07) is 9.95. The minimum Gasteiger partial charge on any atom is -0.486 e. The highest BCUT2D eigenvalue weighted by molar-refractivity contribution is 5.78. The fourth-order valence-corrected chi connectivity index (χ4v) is 5.58. The first-order chi connectivity index (χ1) is 16.8. The van der Waals surface area contributed by atoms with Gasteiger partial charge in [0.05, 0.1) is 11.7 Å². The molecule has 7 heteroatoms. The van der Waals surface area contributed by atoms with Gasteiger partial charge in [0, 0.05) is 42.9 Å². The highest BCUT2D eigenvalue weighted by Gasteiger charge is 2.48. The average molecular weight is 479 g/mol. The van der Waals surface area contributed by atoms with Gasteiger partial charge in [-0.2, -0.15) is 0 Å². The number of piperidine rings is 1. The minimum atomic E-state index is -0.335. The number of halogens is 1. The molecule has 0 N–H and O–H groups in total. The summed E-state index contributed by atoms with van der Waals surface area (Å²) in [6.07, 6.45) is 6.81. The number of likely N-dealkylation sites (tertiary alicyclic amines) is 1. The van der Waals surface area contributed by atoms with E-state index in [9.17, 15) is 9.18 Å². The molecule has 3 aromatic rings. The summed E-state index contributed by atoms with van der Waals surface area (Å²) in [7, 11) is 0. The molecule has 4 heterocycles. The molecule has 1 fully saturated rings. The Bertz CT molecular complexity index is 1280. The molecule has 1 unspecified atom stereocenters. The predicted molar refractivity (Wildman–Crippen MR) is 134 cm³/mol. The maximum Gasteiger partial charge on any atom is 0.251 e. The third-order valence-corrected chi connectivity index (χ3v) is 7.60. The largest absolute Gasteiger partial charge is 0.486 e. The number of rotatable bonds is 5. The fraction of sp³-hybridized carbons (Fsp3) is 0.464. The molecule has 1 atom stereocenters. The molecule has 2 aliphatic heterocycles. The number of aromatic nitrogens is 2. The summed E-state index contributed by atoms with van der Waals surface area (Å²) in [5.41, 5.74) is 1.24. The van der Waals surface area contributed by atoms with Crippen LogP contribution in [0.1, 0.15) is 39.3 Å². The summed E-state index contributed by atoms with van der Waals surface area (Å²) in [4.78, 5) is 20.0. The van der Waals surface area contributed by atoms with E-state index in [0.717, 1.165) is 42.6 Å². The quantitative estimate of drug-likeness (QED) is 0.535. The van der Waals surface area contributed by atoms with Crippen LogP contribution in [0.2, 0.25) is 0 Å². The maximum absolute atomic E-state index is 14.0. The van der Waals surface area contributed by atoms with Crippen LogP contribution in [-0.4, -0.2) is 46.3 Å². The second kappa shape index (κ2) is 9.26. The van der Waals surface area contributed by atoms with Crippen molar-refractivity contribution in [3.63, 3.8) is 0 Å². The standard InChI is InChI=1S/C28H33FN3O3/c1-27(2,3)28(18-22-17-24-25(19-30-22)35-15-14-34-24)10-4-5-11-31(28)12-13-32-23-16-21(29)8-6-20(23)7-9-26(32)33/h4,6-9,16-17,19H,5,10-15,18H2,1-3H3. The van der Waals surface area contributed by atoms with Crippen molar-refractivity contribution in [2.24, 2.45) is 5.41 Å². The van der Waals surface area contributed by atoms with E-state index >= 15 is 0 Å². The van der Waals surface area contributed by atoms with E-state index in [1.807, 2.05) is 6.07 Å². The van der Waals surface area contributed by atoms with Crippen molar-refractivity contribution in [3.8, 4) is 11.5 Å². The van der Waals surface area contributed by atoms with Gasteiger partial charge in [-0.3, -0.25) is 14.7 Å². The average Bonchev–Trinajstić information content (AvgIpc) is 2.83. The molecule has 1 aromatic carbocycles. The molecule has 6 nitrogen and oxygen atoms in total. The predicted octanol–water partition coefficient (Wildman–Crippen LogP) is 4.63. The summed E-state index contributed by atoms with van der Waals surface area (Å²) < 4.78 is 27.2. The third-order valence-electron chi connectivity index (χ3n) is 7.60. The zero-order chi connectivity index (χ0) is 24.6. The molecule has 5 rings (SSSR count). The second-order valence-electron chi connectivity index (χ2n) is 10.6. The van der Waals surface area contributed by atoms with Crippen LogP contribution >= 0.6 is 0 Å². The molecule has 185 valence electrons. The normalized spacial score (nSPS) is 20.8. The van der Waals surface area contributed by atoms with E-state index in [-0.39, 0.29) is 22.3 Å². The Kier molecular flexibility index (Phi) is 6.30. The summed E-state index contributed by atoms with van der Waals surface area (Å²) in [5.74, 6) is 1.11.